The molecule has 0 aromatic heterocycles. The highest BCUT2D eigenvalue weighted by Gasteiger charge is 2.53. The van der Waals surface area contributed by atoms with Crippen LogP contribution in [-0.2, 0) is 33.2 Å². The van der Waals surface area contributed by atoms with Crippen LogP contribution in [0.3, 0.4) is 0 Å². The van der Waals surface area contributed by atoms with E-state index in [-0.39, 0.29) is 18.9 Å². The third-order valence-corrected chi connectivity index (χ3v) is 18.2. The molecule has 0 radical (unpaired) electrons. The number of carbonyl (C=O) groups excluding carboxylic acids is 1. The fourth-order valence-electron chi connectivity index (χ4n) is 12.4. The first-order valence-electron chi connectivity index (χ1n) is 35.3. The van der Waals surface area contributed by atoms with Crippen LogP contribution in [0.4, 0.5) is 0 Å². The molecule has 0 saturated carbocycles. The van der Waals surface area contributed by atoms with Crippen LogP contribution in [-0.4, -0.2) is 193 Å². The van der Waals surface area contributed by atoms with Gasteiger partial charge in [-0.1, -0.05) is 271 Å². The van der Waals surface area contributed by atoms with E-state index < -0.39 is 124 Å². The highest BCUT2D eigenvalue weighted by atomic mass is 16.8. The highest BCUT2D eigenvalue weighted by molar-refractivity contribution is 5.76. The monoisotopic (exact) mass is 1240 g/mol. The molecule has 0 bridgehead atoms. The van der Waals surface area contributed by atoms with Gasteiger partial charge in [0.1, 0.15) is 73.2 Å². The number of hydrogen-bond donors (Lipinski definition) is 12. The number of ether oxygens (including phenoxy) is 6. The molecule has 12 N–H and O–H groups in total. The fraction of sp³-hybridized carbons (Fsp3) is 0.985. The molecule has 0 spiro atoms. The molecule has 17 unspecified atom stereocenters. The number of amides is 1. The van der Waals surface area contributed by atoms with E-state index in [0.29, 0.717) is 12.8 Å². The van der Waals surface area contributed by atoms with Crippen molar-refractivity contribution >= 4 is 5.91 Å². The summed E-state index contributed by atoms with van der Waals surface area (Å²) in [5.74, 6) is -0.246. The lowest BCUT2D eigenvalue weighted by Crippen LogP contribution is -2.66. The Morgan fingerprint density at radius 3 is 1.01 bits per heavy atom. The minimum Gasteiger partial charge on any atom is -0.394 e. The second-order valence-electron chi connectivity index (χ2n) is 25.7. The number of nitrogens with one attached hydrogen (secondary N) is 1. The quantitative estimate of drug-likeness (QED) is 0.0253. The average molecular weight is 1240 g/mol. The third-order valence-electron chi connectivity index (χ3n) is 18.2. The topological polar surface area (TPSA) is 307 Å². The minimum atomic E-state index is -1.97. The molecule has 0 aromatic rings. The van der Waals surface area contributed by atoms with Gasteiger partial charge in [0.25, 0.3) is 0 Å². The summed E-state index contributed by atoms with van der Waals surface area (Å²) in [6, 6.07) is -0.878. The van der Waals surface area contributed by atoms with Gasteiger partial charge in [0.15, 0.2) is 18.9 Å². The molecule has 3 rings (SSSR count). The van der Waals surface area contributed by atoms with Gasteiger partial charge < -0.3 is 89.9 Å². The number of aliphatic hydroxyl groups excluding tert-OH is 11. The average Bonchev–Trinajstić information content (AvgIpc) is 1.41. The van der Waals surface area contributed by atoms with E-state index >= 15 is 0 Å². The summed E-state index contributed by atoms with van der Waals surface area (Å²) in [5.41, 5.74) is 0. The molecule has 0 aliphatic carbocycles. The predicted molar refractivity (Wildman–Crippen MR) is 333 cm³/mol. The third kappa shape index (κ3) is 32.4. The van der Waals surface area contributed by atoms with Crippen LogP contribution in [0.1, 0.15) is 290 Å². The Kier molecular flexibility index (Phi) is 46.3. The molecule has 3 aliphatic rings. The molecule has 3 aliphatic heterocycles. The minimum absolute atomic E-state index is 0.246. The zero-order valence-corrected chi connectivity index (χ0v) is 53.8. The van der Waals surface area contributed by atoms with Crippen molar-refractivity contribution in [2.24, 2.45) is 0 Å². The van der Waals surface area contributed by atoms with Gasteiger partial charge in [-0.2, -0.15) is 0 Å². The molecule has 3 fully saturated rings. The zero-order valence-electron chi connectivity index (χ0n) is 53.8. The Balaban J connectivity index is 1.20. The van der Waals surface area contributed by atoms with Crippen molar-refractivity contribution in [1.82, 2.24) is 5.32 Å². The summed E-state index contributed by atoms with van der Waals surface area (Å²) >= 11 is 0. The predicted octanol–water partition coefficient (Wildman–Crippen LogP) is 9.11. The van der Waals surface area contributed by atoms with Gasteiger partial charge in [-0.15, -0.1) is 0 Å². The van der Waals surface area contributed by atoms with Crippen LogP contribution in [0, 0.1) is 0 Å². The van der Waals surface area contributed by atoms with Crippen LogP contribution >= 0.6 is 0 Å². The summed E-state index contributed by atoms with van der Waals surface area (Å²) in [7, 11) is 0. The lowest BCUT2D eigenvalue weighted by molar-refractivity contribution is -0.379. The molecule has 3 saturated heterocycles. The van der Waals surface area contributed by atoms with Crippen LogP contribution < -0.4 is 5.32 Å². The van der Waals surface area contributed by atoms with Crippen molar-refractivity contribution in [2.75, 3.05) is 26.4 Å². The van der Waals surface area contributed by atoms with Crippen molar-refractivity contribution in [1.29, 1.82) is 0 Å². The maximum Gasteiger partial charge on any atom is 0.220 e. The molecule has 86 heavy (non-hydrogen) atoms. The van der Waals surface area contributed by atoms with Crippen LogP contribution in [0.25, 0.3) is 0 Å². The van der Waals surface area contributed by atoms with Gasteiger partial charge in [0.05, 0.1) is 38.6 Å². The SMILES string of the molecule is CCCCCCCCCCCCCCCCCCCCCCCCCCCCCCCCCCCCCCCC(=O)NC(COC1OC(CO)C(OC2OC(CO)C(OC3OC(CO)C(O)C(O)C3O)C(O)C2O)C(O)C1O)C(O)CCCCCC. The lowest BCUT2D eigenvalue weighted by Gasteiger charge is -2.48. The Labute approximate surface area is 519 Å². The van der Waals surface area contributed by atoms with Gasteiger partial charge >= 0.3 is 0 Å². The molecule has 510 valence electrons. The van der Waals surface area contributed by atoms with E-state index in [1.807, 2.05) is 0 Å². The summed E-state index contributed by atoms with van der Waals surface area (Å²) < 4.78 is 34.1. The van der Waals surface area contributed by atoms with E-state index in [1.54, 1.807) is 0 Å². The zero-order chi connectivity index (χ0) is 62.6. The maximum absolute atomic E-state index is 13.2. The number of unbranched alkanes of at least 4 members (excludes halogenated alkanes) is 39. The lowest BCUT2D eigenvalue weighted by atomic mass is 9.96. The molecule has 19 nitrogen and oxygen atoms in total. The number of rotatable bonds is 55. The van der Waals surface area contributed by atoms with Gasteiger partial charge in [-0.3, -0.25) is 4.79 Å². The summed E-state index contributed by atoms with van der Waals surface area (Å²) in [6.45, 7) is 1.68. The molecule has 1 amide bonds. The fourth-order valence-corrected chi connectivity index (χ4v) is 12.4. The maximum atomic E-state index is 13.2. The summed E-state index contributed by atoms with van der Waals surface area (Å²) in [6.07, 6.45) is 27.8. The first kappa shape index (κ1) is 79.0. The second kappa shape index (κ2) is 50.4. The molecular formula is C67H129NO18. The Morgan fingerprint density at radius 2 is 0.663 bits per heavy atom. The van der Waals surface area contributed by atoms with Gasteiger partial charge in [0, 0.05) is 6.42 Å². The second-order valence-corrected chi connectivity index (χ2v) is 25.7. The van der Waals surface area contributed by atoms with E-state index in [9.17, 15) is 61.0 Å². The normalized spacial score (nSPS) is 28.7. The summed E-state index contributed by atoms with van der Waals surface area (Å²) in [5, 5.41) is 120. The van der Waals surface area contributed by atoms with Crippen LogP contribution in [0.5, 0.6) is 0 Å². The van der Waals surface area contributed by atoms with Crippen molar-refractivity contribution in [2.45, 2.75) is 394 Å². The molecule has 3 heterocycles. The Hall–Kier alpha value is -1.21. The van der Waals surface area contributed by atoms with Gasteiger partial charge in [-0.05, 0) is 12.8 Å². The van der Waals surface area contributed by atoms with Crippen LogP contribution in [0.2, 0.25) is 0 Å². The van der Waals surface area contributed by atoms with E-state index in [0.717, 1.165) is 44.9 Å². The number of hydrogen-bond acceptors (Lipinski definition) is 18. The van der Waals surface area contributed by atoms with Gasteiger partial charge in [0.2, 0.25) is 5.91 Å². The van der Waals surface area contributed by atoms with Gasteiger partial charge in [-0.25, -0.2) is 0 Å². The Morgan fingerprint density at radius 1 is 0.372 bits per heavy atom. The molecule has 0 aromatic carbocycles. The first-order valence-corrected chi connectivity index (χ1v) is 35.3. The summed E-state index contributed by atoms with van der Waals surface area (Å²) in [4.78, 5) is 13.2. The van der Waals surface area contributed by atoms with Crippen molar-refractivity contribution in [3.8, 4) is 0 Å². The van der Waals surface area contributed by atoms with Crippen LogP contribution in [0.15, 0.2) is 0 Å². The highest BCUT2D eigenvalue weighted by Crippen LogP contribution is 2.33. The molecule has 17 atom stereocenters. The van der Waals surface area contributed by atoms with E-state index in [1.165, 1.54) is 212 Å². The first-order chi connectivity index (χ1) is 41.8. The van der Waals surface area contributed by atoms with E-state index in [4.69, 9.17) is 28.4 Å². The largest absolute Gasteiger partial charge is 0.394 e. The number of aliphatic hydroxyl groups is 11. The smallest absolute Gasteiger partial charge is 0.220 e. The standard InChI is InChI=1S/C67H129NO18/c1-3-5-7-9-10-11-12-13-14-15-16-17-18-19-20-21-22-23-24-25-26-27-28-29-30-31-32-33-34-35-36-37-38-39-40-41-43-45-55(73)68-50(51(72)44-42-8-6-4-2)49-81-65-61(79)58(76)63(53(47-70)83-65)86-67-62(80)59(77)64(54(48-71)84-67)85-66-60(78)57(75)56(74)52(46-69)82-66/h50-54,56-67,69-72,74-80H,3-49H2,1-2H3,(H,68,73). The van der Waals surface area contributed by atoms with Crippen molar-refractivity contribution < 1.29 is 89.4 Å². The Bertz CT molecular complexity index is 1570. The van der Waals surface area contributed by atoms with Crippen molar-refractivity contribution in [3.63, 3.8) is 0 Å². The molecule has 19 heteroatoms. The van der Waals surface area contributed by atoms with Crippen molar-refractivity contribution in [3.05, 3.63) is 0 Å². The molecular weight excluding hydrogens is 1110 g/mol. The number of carbonyl (C=O) groups is 1. The van der Waals surface area contributed by atoms with E-state index in [2.05, 4.69) is 19.2 Å².